The number of ether oxygens (including phenoxy) is 1. The van der Waals surface area contributed by atoms with E-state index in [1.165, 1.54) is 4.90 Å². The lowest BCUT2D eigenvalue weighted by Crippen LogP contribution is -2.47. The first-order valence-electron chi connectivity index (χ1n) is 8.29. The van der Waals surface area contributed by atoms with Crippen LogP contribution in [0.25, 0.3) is 0 Å². The van der Waals surface area contributed by atoms with Crippen LogP contribution in [0.1, 0.15) is 37.0 Å². The molecule has 0 unspecified atom stereocenters. The van der Waals surface area contributed by atoms with Crippen molar-refractivity contribution in [3.8, 4) is 0 Å². The van der Waals surface area contributed by atoms with Gasteiger partial charge in [0.25, 0.3) is 5.91 Å². The smallest absolute Gasteiger partial charge is 0.251 e. The van der Waals surface area contributed by atoms with Crippen molar-refractivity contribution in [3.05, 3.63) is 29.8 Å². The van der Waals surface area contributed by atoms with Gasteiger partial charge in [-0.2, -0.15) is 0 Å². The topological polar surface area (TPSA) is 50.4 Å². The lowest BCUT2D eigenvalue weighted by molar-refractivity contribution is 0.0511. The molecule has 0 atom stereocenters. The Bertz CT molecular complexity index is 491. The average molecular weight is 337 g/mol. The van der Waals surface area contributed by atoms with Gasteiger partial charge in [-0.1, -0.05) is 13.8 Å². The molecule has 2 rings (SSSR count). The molecule has 2 N–H and O–H groups in total. The maximum Gasteiger partial charge on any atom is 0.251 e. The van der Waals surface area contributed by atoms with Crippen molar-refractivity contribution in [2.45, 2.75) is 36.8 Å². The minimum absolute atomic E-state index is 0.0000997. The number of benzene rings is 1. The minimum Gasteiger partial charge on any atom is -0.384 e. The summed E-state index contributed by atoms with van der Waals surface area (Å²) in [6, 6.07) is 7.86. The van der Waals surface area contributed by atoms with Crippen LogP contribution in [0.2, 0.25) is 0 Å². The van der Waals surface area contributed by atoms with Crippen LogP contribution in [0.5, 0.6) is 0 Å². The van der Waals surface area contributed by atoms with E-state index < -0.39 is 0 Å². The van der Waals surface area contributed by atoms with Crippen LogP contribution in [0.15, 0.2) is 29.2 Å². The number of hydrogen-bond acceptors (Lipinski definition) is 4. The van der Waals surface area contributed by atoms with Crippen molar-refractivity contribution >= 4 is 17.7 Å². The van der Waals surface area contributed by atoms with Crippen LogP contribution in [0.4, 0.5) is 0 Å². The Balaban J connectivity index is 1.92. The van der Waals surface area contributed by atoms with Crippen LogP contribution in [-0.2, 0) is 4.74 Å². The lowest BCUT2D eigenvalue weighted by Gasteiger charge is -2.37. The van der Waals surface area contributed by atoms with Gasteiger partial charge >= 0.3 is 0 Å². The van der Waals surface area contributed by atoms with E-state index in [9.17, 15) is 4.79 Å². The second-order valence-electron chi connectivity index (χ2n) is 6.56. The monoisotopic (exact) mass is 336 g/mol. The quantitative estimate of drug-likeness (QED) is 0.752. The second kappa shape index (κ2) is 8.71. The zero-order valence-electron chi connectivity index (χ0n) is 14.4. The van der Waals surface area contributed by atoms with Crippen LogP contribution < -0.4 is 10.6 Å². The summed E-state index contributed by atoms with van der Waals surface area (Å²) in [4.78, 5) is 13.6. The Morgan fingerprint density at radius 3 is 2.52 bits per heavy atom. The first kappa shape index (κ1) is 18.3. The number of carbonyl (C=O) groups excluding carboxylic acids is 1. The zero-order valence-corrected chi connectivity index (χ0v) is 15.2. The molecule has 5 heteroatoms. The Hall–Kier alpha value is -1.04. The molecule has 0 aromatic heterocycles. The van der Waals surface area contributed by atoms with Crippen molar-refractivity contribution in [1.29, 1.82) is 0 Å². The van der Waals surface area contributed by atoms with E-state index in [2.05, 4.69) is 24.5 Å². The molecule has 23 heavy (non-hydrogen) atoms. The molecule has 1 aromatic rings. The summed E-state index contributed by atoms with van der Waals surface area (Å²) in [7, 11) is 1.73. The predicted octanol–water partition coefficient (Wildman–Crippen LogP) is 2.93. The van der Waals surface area contributed by atoms with Gasteiger partial charge in [-0.15, -0.1) is 11.8 Å². The summed E-state index contributed by atoms with van der Waals surface area (Å²) in [5.74, 6) is 0.0000997. The largest absolute Gasteiger partial charge is 0.384 e. The number of rotatable bonds is 7. The van der Waals surface area contributed by atoms with Crippen molar-refractivity contribution in [3.63, 3.8) is 0 Å². The average Bonchev–Trinajstić information content (AvgIpc) is 2.54. The Morgan fingerprint density at radius 2 is 1.96 bits per heavy atom. The predicted molar refractivity (Wildman–Crippen MR) is 96.2 cm³/mol. The highest BCUT2D eigenvalue weighted by atomic mass is 32.2. The van der Waals surface area contributed by atoms with Gasteiger partial charge in [-0.05, 0) is 50.2 Å². The number of carbonyl (C=O) groups is 1. The SMILES string of the molecule is COCC1(CNC(=O)c2ccc(SC(C)C)cc2)CCNCC1. The molecule has 1 aromatic carbocycles. The third-order valence-corrected chi connectivity index (χ3v) is 5.24. The first-order valence-corrected chi connectivity index (χ1v) is 9.17. The van der Waals surface area contributed by atoms with Crippen LogP contribution >= 0.6 is 11.8 Å². The van der Waals surface area contributed by atoms with Gasteiger partial charge in [0.15, 0.2) is 0 Å². The second-order valence-corrected chi connectivity index (χ2v) is 8.21. The Morgan fingerprint density at radius 1 is 1.30 bits per heavy atom. The summed E-state index contributed by atoms with van der Waals surface area (Å²) in [5, 5.41) is 7.01. The highest BCUT2D eigenvalue weighted by Crippen LogP contribution is 2.28. The van der Waals surface area contributed by atoms with Gasteiger partial charge in [0.1, 0.15) is 0 Å². The van der Waals surface area contributed by atoms with Crippen molar-refractivity contribution in [1.82, 2.24) is 10.6 Å². The van der Waals surface area contributed by atoms with E-state index >= 15 is 0 Å². The van der Waals surface area contributed by atoms with Gasteiger partial charge in [0.2, 0.25) is 0 Å². The molecule has 128 valence electrons. The molecule has 0 radical (unpaired) electrons. The van der Waals surface area contributed by atoms with Crippen molar-refractivity contribution in [2.75, 3.05) is 33.4 Å². The summed E-state index contributed by atoms with van der Waals surface area (Å²) in [6.07, 6.45) is 2.07. The molecule has 1 amide bonds. The van der Waals surface area contributed by atoms with Crippen molar-refractivity contribution in [2.24, 2.45) is 5.41 Å². The fourth-order valence-electron chi connectivity index (χ4n) is 2.96. The van der Waals surface area contributed by atoms with Gasteiger partial charge in [-0.3, -0.25) is 4.79 Å². The van der Waals surface area contributed by atoms with Gasteiger partial charge in [-0.25, -0.2) is 0 Å². The van der Waals surface area contributed by atoms with E-state index in [1.807, 2.05) is 24.3 Å². The summed E-state index contributed by atoms with van der Waals surface area (Å²) < 4.78 is 5.39. The molecule has 4 nitrogen and oxygen atoms in total. The number of piperidine rings is 1. The molecule has 1 aliphatic heterocycles. The molecule has 1 aliphatic rings. The molecular weight excluding hydrogens is 308 g/mol. The maximum absolute atomic E-state index is 12.4. The zero-order chi connectivity index (χ0) is 16.7. The fraction of sp³-hybridized carbons (Fsp3) is 0.611. The third-order valence-electron chi connectivity index (χ3n) is 4.23. The summed E-state index contributed by atoms with van der Waals surface area (Å²) >= 11 is 1.81. The number of nitrogens with one attached hydrogen (secondary N) is 2. The number of methoxy groups -OCH3 is 1. The summed E-state index contributed by atoms with van der Waals surface area (Å²) in [5.41, 5.74) is 0.780. The third kappa shape index (κ3) is 5.52. The number of hydrogen-bond donors (Lipinski definition) is 2. The lowest BCUT2D eigenvalue weighted by atomic mass is 9.79. The number of thioether (sulfide) groups is 1. The van der Waals surface area contributed by atoms with E-state index in [1.54, 1.807) is 18.9 Å². The van der Waals surface area contributed by atoms with Crippen LogP contribution in [-0.4, -0.2) is 44.5 Å². The maximum atomic E-state index is 12.4. The Labute approximate surface area is 143 Å². The molecule has 0 aliphatic carbocycles. The van der Waals surface area contributed by atoms with E-state index in [0.717, 1.165) is 31.5 Å². The highest BCUT2D eigenvalue weighted by molar-refractivity contribution is 7.99. The highest BCUT2D eigenvalue weighted by Gasteiger charge is 2.32. The normalized spacial score (nSPS) is 17.2. The van der Waals surface area contributed by atoms with E-state index in [0.29, 0.717) is 18.4 Å². The first-order chi connectivity index (χ1) is 11.0. The van der Waals surface area contributed by atoms with Crippen LogP contribution in [0, 0.1) is 5.41 Å². The van der Waals surface area contributed by atoms with Gasteiger partial charge in [0.05, 0.1) is 6.61 Å². The molecule has 0 spiro atoms. The molecular formula is C18H28N2O2S. The Kier molecular flexibility index (Phi) is 6.93. The van der Waals surface area contributed by atoms with E-state index in [-0.39, 0.29) is 11.3 Å². The molecule has 1 saturated heterocycles. The molecule has 0 saturated carbocycles. The van der Waals surface area contributed by atoms with E-state index in [4.69, 9.17) is 4.74 Å². The summed E-state index contributed by atoms with van der Waals surface area (Å²) in [6.45, 7) is 7.67. The van der Waals surface area contributed by atoms with Crippen molar-refractivity contribution < 1.29 is 9.53 Å². The molecule has 0 bridgehead atoms. The van der Waals surface area contributed by atoms with Gasteiger partial charge < -0.3 is 15.4 Å². The standard InChI is InChI=1S/C18H28N2O2S/c1-14(2)23-16-6-4-15(5-7-16)17(21)20-12-18(13-22-3)8-10-19-11-9-18/h4-7,14,19H,8-13H2,1-3H3,(H,20,21). The minimum atomic E-state index is 0.0000997. The molecule has 1 heterocycles. The van der Waals surface area contributed by atoms with Crippen LogP contribution in [0.3, 0.4) is 0 Å². The van der Waals surface area contributed by atoms with Gasteiger partial charge in [0, 0.05) is 34.8 Å². The number of amides is 1. The molecule has 1 fully saturated rings. The fourth-order valence-corrected chi connectivity index (χ4v) is 3.80.